The summed E-state index contributed by atoms with van der Waals surface area (Å²) in [6.45, 7) is 0. The topological polar surface area (TPSA) is 66.5 Å². The quantitative estimate of drug-likeness (QED) is 0.571. The standard InChI is InChI=1S/C24H27ClN2O3/c25-18-9-5-4-8-17(18)19(13-20(28)26-16-6-2-1-3-7-16)27-23(29)21-14-10-11-15(12-14)22(21)24(27)30/h4-5,8-11,14-16,19,21-22H,1-3,6-7,12-13H2,(H,26,28). The Labute approximate surface area is 181 Å². The van der Waals surface area contributed by atoms with Gasteiger partial charge in [-0.05, 0) is 42.7 Å². The smallest absolute Gasteiger partial charge is 0.234 e. The Morgan fingerprint density at radius 1 is 1.03 bits per heavy atom. The number of halogens is 1. The van der Waals surface area contributed by atoms with Crippen molar-refractivity contribution in [3.63, 3.8) is 0 Å². The van der Waals surface area contributed by atoms with Crippen molar-refractivity contribution in [2.75, 3.05) is 0 Å². The molecule has 2 saturated carbocycles. The molecule has 5 rings (SSSR count). The van der Waals surface area contributed by atoms with Gasteiger partial charge >= 0.3 is 0 Å². The van der Waals surface area contributed by atoms with Crippen molar-refractivity contribution >= 4 is 29.3 Å². The molecule has 1 aromatic carbocycles. The van der Waals surface area contributed by atoms with Crippen LogP contribution < -0.4 is 5.32 Å². The van der Waals surface area contributed by atoms with Crippen LogP contribution in [0.4, 0.5) is 0 Å². The lowest BCUT2D eigenvalue weighted by Gasteiger charge is -2.30. The van der Waals surface area contributed by atoms with Crippen LogP contribution in [-0.4, -0.2) is 28.7 Å². The lowest BCUT2D eigenvalue weighted by molar-refractivity contribution is -0.144. The van der Waals surface area contributed by atoms with E-state index in [1.54, 1.807) is 6.07 Å². The molecular weight excluding hydrogens is 400 g/mol. The van der Waals surface area contributed by atoms with Gasteiger partial charge in [0.25, 0.3) is 0 Å². The molecule has 5 nitrogen and oxygen atoms in total. The summed E-state index contributed by atoms with van der Waals surface area (Å²) in [5.41, 5.74) is 0.667. The first kappa shape index (κ1) is 19.8. The first-order valence-corrected chi connectivity index (χ1v) is 11.5. The average molecular weight is 427 g/mol. The molecule has 1 aliphatic heterocycles. The fraction of sp³-hybridized carbons (Fsp3) is 0.542. The monoisotopic (exact) mass is 426 g/mol. The van der Waals surface area contributed by atoms with Gasteiger partial charge in [-0.15, -0.1) is 0 Å². The summed E-state index contributed by atoms with van der Waals surface area (Å²) >= 11 is 6.47. The van der Waals surface area contributed by atoms with Gasteiger partial charge in [-0.1, -0.05) is 61.2 Å². The number of carbonyl (C=O) groups excluding carboxylic acids is 3. The lowest BCUT2D eigenvalue weighted by atomic mass is 9.85. The highest BCUT2D eigenvalue weighted by Gasteiger charge is 2.60. The molecule has 6 heteroatoms. The van der Waals surface area contributed by atoms with E-state index in [4.69, 9.17) is 11.6 Å². The van der Waals surface area contributed by atoms with Gasteiger partial charge in [0.05, 0.1) is 24.3 Å². The summed E-state index contributed by atoms with van der Waals surface area (Å²) in [7, 11) is 0. The van der Waals surface area contributed by atoms with Gasteiger partial charge in [0.1, 0.15) is 0 Å². The van der Waals surface area contributed by atoms with Crippen molar-refractivity contribution in [1.29, 1.82) is 0 Å². The van der Waals surface area contributed by atoms with E-state index in [1.165, 1.54) is 11.3 Å². The van der Waals surface area contributed by atoms with Gasteiger partial charge in [-0.25, -0.2) is 0 Å². The molecule has 1 saturated heterocycles. The molecule has 0 aromatic heterocycles. The predicted octanol–water partition coefficient (Wildman–Crippen LogP) is 4.03. The average Bonchev–Trinajstić information content (AvgIpc) is 3.42. The molecule has 0 radical (unpaired) electrons. The molecule has 3 fully saturated rings. The van der Waals surface area contributed by atoms with Crippen LogP contribution in [0.15, 0.2) is 36.4 Å². The van der Waals surface area contributed by atoms with Crippen LogP contribution in [0, 0.1) is 23.7 Å². The Balaban J connectivity index is 1.42. The second kappa shape index (κ2) is 7.84. The van der Waals surface area contributed by atoms with E-state index >= 15 is 0 Å². The van der Waals surface area contributed by atoms with E-state index in [9.17, 15) is 14.4 Å². The minimum Gasteiger partial charge on any atom is -0.353 e. The number of carbonyl (C=O) groups is 3. The van der Waals surface area contributed by atoms with Crippen LogP contribution in [0.3, 0.4) is 0 Å². The van der Waals surface area contributed by atoms with Gasteiger partial charge < -0.3 is 5.32 Å². The van der Waals surface area contributed by atoms with Crippen molar-refractivity contribution in [2.45, 2.75) is 57.0 Å². The molecule has 3 aliphatic carbocycles. The Morgan fingerprint density at radius 3 is 2.30 bits per heavy atom. The maximum absolute atomic E-state index is 13.4. The van der Waals surface area contributed by atoms with E-state index in [-0.39, 0.29) is 53.9 Å². The van der Waals surface area contributed by atoms with Crippen molar-refractivity contribution < 1.29 is 14.4 Å². The zero-order chi connectivity index (χ0) is 20.8. The Bertz CT molecular complexity index is 877. The van der Waals surface area contributed by atoms with E-state index in [2.05, 4.69) is 17.5 Å². The zero-order valence-electron chi connectivity index (χ0n) is 16.9. The lowest BCUT2D eigenvalue weighted by Crippen LogP contribution is -2.42. The van der Waals surface area contributed by atoms with Crippen molar-refractivity contribution in [1.82, 2.24) is 10.2 Å². The minimum atomic E-state index is -0.660. The van der Waals surface area contributed by atoms with Gasteiger partial charge in [0.2, 0.25) is 17.7 Å². The number of fused-ring (bicyclic) bond motifs is 5. The summed E-state index contributed by atoms with van der Waals surface area (Å²) in [6, 6.07) is 6.75. The predicted molar refractivity (Wildman–Crippen MR) is 113 cm³/mol. The number of hydrogen-bond acceptors (Lipinski definition) is 3. The summed E-state index contributed by atoms with van der Waals surface area (Å²) in [6.07, 6.45) is 10.6. The minimum absolute atomic E-state index is 0.0555. The molecule has 1 N–H and O–H groups in total. The summed E-state index contributed by atoms with van der Waals surface area (Å²) in [5.74, 6) is -0.674. The highest BCUT2D eigenvalue weighted by molar-refractivity contribution is 6.31. The second-order valence-electron chi connectivity index (χ2n) is 9.19. The molecule has 3 amide bonds. The normalized spacial score (nSPS) is 31.3. The van der Waals surface area contributed by atoms with Crippen molar-refractivity contribution in [3.05, 3.63) is 47.0 Å². The molecule has 2 bridgehead atoms. The van der Waals surface area contributed by atoms with Crippen LogP contribution in [0.2, 0.25) is 5.02 Å². The molecule has 158 valence electrons. The van der Waals surface area contributed by atoms with Gasteiger partial charge in [0.15, 0.2) is 0 Å². The number of allylic oxidation sites excluding steroid dienone is 2. The highest BCUT2D eigenvalue weighted by atomic mass is 35.5. The number of nitrogens with one attached hydrogen (secondary N) is 1. The third-order valence-electron chi connectivity index (χ3n) is 7.43. The van der Waals surface area contributed by atoms with E-state index in [1.807, 2.05) is 18.2 Å². The van der Waals surface area contributed by atoms with Crippen LogP contribution in [0.5, 0.6) is 0 Å². The van der Waals surface area contributed by atoms with E-state index < -0.39 is 6.04 Å². The zero-order valence-corrected chi connectivity index (χ0v) is 17.7. The molecule has 1 aromatic rings. The van der Waals surface area contributed by atoms with Crippen LogP contribution in [0.25, 0.3) is 0 Å². The first-order chi connectivity index (χ1) is 14.5. The van der Waals surface area contributed by atoms with Gasteiger partial charge in [-0.3, -0.25) is 19.3 Å². The van der Waals surface area contributed by atoms with Crippen LogP contribution in [-0.2, 0) is 14.4 Å². The molecule has 0 spiro atoms. The van der Waals surface area contributed by atoms with Gasteiger partial charge in [-0.2, -0.15) is 0 Å². The third-order valence-corrected chi connectivity index (χ3v) is 7.77. The Morgan fingerprint density at radius 2 is 1.67 bits per heavy atom. The largest absolute Gasteiger partial charge is 0.353 e. The molecular formula is C24H27ClN2O3. The van der Waals surface area contributed by atoms with Crippen LogP contribution in [0.1, 0.15) is 56.6 Å². The third kappa shape index (κ3) is 3.27. The fourth-order valence-corrected chi connectivity index (χ4v) is 6.29. The number of rotatable bonds is 5. The fourth-order valence-electron chi connectivity index (χ4n) is 6.03. The maximum atomic E-state index is 13.4. The number of amides is 3. The van der Waals surface area contributed by atoms with Gasteiger partial charge in [0, 0.05) is 11.1 Å². The molecule has 1 heterocycles. The molecule has 4 aliphatic rings. The van der Waals surface area contributed by atoms with Crippen molar-refractivity contribution in [3.8, 4) is 0 Å². The van der Waals surface area contributed by atoms with E-state index in [0.717, 1.165) is 32.1 Å². The summed E-state index contributed by atoms with van der Waals surface area (Å²) < 4.78 is 0. The molecule has 5 unspecified atom stereocenters. The summed E-state index contributed by atoms with van der Waals surface area (Å²) in [4.78, 5) is 41.1. The number of benzene rings is 1. The Kier molecular flexibility index (Phi) is 5.18. The van der Waals surface area contributed by atoms with Crippen LogP contribution >= 0.6 is 11.6 Å². The molecule has 30 heavy (non-hydrogen) atoms. The number of hydrogen-bond donors (Lipinski definition) is 1. The molecule has 5 atom stereocenters. The highest BCUT2D eigenvalue weighted by Crippen LogP contribution is 2.54. The Hall–Kier alpha value is -2.14. The number of likely N-dealkylation sites (tertiary alicyclic amines) is 1. The second-order valence-corrected chi connectivity index (χ2v) is 9.60. The maximum Gasteiger partial charge on any atom is 0.234 e. The summed E-state index contributed by atoms with van der Waals surface area (Å²) in [5, 5.41) is 3.61. The number of imide groups is 1. The number of nitrogens with zero attached hydrogens (tertiary/aromatic N) is 1. The SMILES string of the molecule is O=C(CC(c1ccccc1Cl)N1C(=O)C2C3C=CC(C3)C2C1=O)NC1CCCCC1. The van der Waals surface area contributed by atoms with Crippen molar-refractivity contribution in [2.24, 2.45) is 23.7 Å². The van der Waals surface area contributed by atoms with E-state index in [0.29, 0.717) is 10.6 Å². The first-order valence-electron chi connectivity index (χ1n) is 11.1.